The Bertz CT molecular complexity index is 468. The summed E-state index contributed by atoms with van der Waals surface area (Å²) >= 11 is 0. The van der Waals surface area contributed by atoms with Crippen molar-refractivity contribution in [3.8, 4) is 0 Å². The standard InChI is InChI=1S/C15H22N2O3/c1-2-20-15(19)12-3-4-13(16)14(9-12)17-7-5-11(10-18)6-8-17/h3-4,9,11,18H,2,5-8,10,16H2,1H3. The van der Waals surface area contributed by atoms with Crippen LogP contribution in [0, 0.1) is 5.92 Å². The number of carbonyl (C=O) groups excluding carboxylic acids is 1. The molecular weight excluding hydrogens is 256 g/mol. The van der Waals surface area contributed by atoms with E-state index in [0.717, 1.165) is 31.6 Å². The molecule has 2 rings (SSSR count). The highest BCUT2D eigenvalue weighted by Crippen LogP contribution is 2.29. The summed E-state index contributed by atoms with van der Waals surface area (Å²) in [5.41, 5.74) is 8.10. The number of nitrogen functional groups attached to an aromatic ring is 1. The number of rotatable bonds is 4. The quantitative estimate of drug-likeness (QED) is 0.647. The molecule has 1 aromatic carbocycles. The fraction of sp³-hybridized carbons (Fsp3) is 0.533. The number of carbonyl (C=O) groups is 1. The van der Waals surface area contributed by atoms with Gasteiger partial charge in [0.05, 0.1) is 23.5 Å². The van der Waals surface area contributed by atoms with E-state index in [1.807, 2.05) is 0 Å². The lowest BCUT2D eigenvalue weighted by molar-refractivity contribution is 0.0526. The van der Waals surface area contributed by atoms with Gasteiger partial charge in [-0.3, -0.25) is 0 Å². The Labute approximate surface area is 119 Å². The molecule has 0 amide bonds. The Morgan fingerprint density at radius 1 is 1.45 bits per heavy atom. The van der Waals surface area contributed by atoms with Gasteiger partial charge in [-0.1, -0.05) is 0 Å². The van der Waals surface area contributed by atoms with Gasteiger partial charge in [-0.15, -0.1) is 0 Å². The van der Waals surface area contributed by atoms with Crippen molar-refractivity contribution >= 4 is 17.3 Å². The predicted molar refractivity (Wildman–Crippen MR) is 78.8 cm³/mol. The minimum absolute atomic E-state index is 0.242. The molecule has 20 heavy (non-hydrogen) atoms. The summed E-state index contributed by atoms with van der Waals surface area (Å²) in [5, 5.41) is 9.17. The van der Waals surface area contributed by atoms with Gasteiger partial charge in [0.2, 0.25) is 0 Å². The molecule has 1 saturated heterocycles. The molecule has 5 nitrogen and oxygen atoms in total. The largest absolute Gasteiger partial charge is 0.462 e. The van der Waals surface area contributed by atoms with Crippen molar-refractivity contribution in [2.24, 2.45) is 5.92 Å². The third-order valence-corrected chi connectivity index (χ3v) is 3.75. The van der Waals surface area contributed by atoms with Crippen LogP contribution in [0.1, 0.15) is 30.1 Å². The van der Waals surface area contributed by atoms with Crippen LogP contribution in [-0.2, 0) is 4.74 Å². The number of benzene rings is 1. The summed E-state index contributed by atoms with van der Waals surface area (Å²) in [6.45, 7) is 4.09. The van der Waals surface area contributed by atoms with Crippen LogP contribution in [0.2, 0.25) is 0 Å². The van der Waals surface area contributed by atoms with Crippen LogP contribution in [0.15, 0.2) is 18.2 Å². The molecule has 1 aliphatic heterocycles. The number of anilines is 2. The van der Waals surface area contributed by atoms with Gasteiger partial charge < -0.3 is 20.5 Å². The van der Waals surface area contributed by atoms with E-state index in [-0.39, 0.29) is 12.6 Å². The molecule has 0 unspecified atom stereocenters. The molecule has 5 heteroatoms. The highest BCUT2D eigenvalue weighted by atomic mass is 16.5. The van der Waals surface area contributed by atoms with Crippen molar-refractivity contribution < 1.29 is 14.6 Å². The summed E-state index contributed by atoms with van der Waals surface area (Å²) in [4.78, 5) is 13.9. The molecule has 1 aliphatic rings. The normalized spacial score (nSPS) is 16.2. The van der Waals surface area contributed by atoms with Crippen molar-refractivity contribution in [1.82, 2.24) is 0 Å². The average molecular weight is 278 g/mol. The fourth-order valence-corrected chi connectivity index (χ4v) is 2.52. The molecule has 1 fully saturated rings. The van der Waals surface area contributed by atoms with Gasteiger partial charge in [0.15, 0.2) is 0 Å². The van der Waals surface area contributed by atoms with E-state index in [4.69, 9.17) is 10.5 Å². The molecule has 0 aromatic heterocycles. The Hall–Kier alpha value is -1.75. The highest BCUT2D eigenvalue weighted by Gasteiger charge is 2.21. The first-order valence-corrected chi connectivity index (χ1v) is 7.08. The second kappa shape index (κ2) is 6.61. The van der Waals surface area contributed by atoms with Gasteiger partial charge in [0, 0.05) is 19.7 Å². The van der Waals surface area contributed by atoms with Crippen molar-refractivity contribution in [2.45, 2.75) is 19.8 Å². The van der Waals surface area contributed by atoms with Crippen molar-refractivity contribution in [2.75, 3.05) is 36.9 Å². The maximum Gasteiger partial charge on any atom is 0.338 e. The first-order valence-electron chi connectivity index (χ1n) is 7.08. The van der Waals surface area contributed by atoms with E-state index < -0.39 is 0 Å². The number of esters is 1. The van der Waals surface area contributed by atoms with Gasteiger partial charge in [-0.2, -0.15) is 0 Å². The van der Waals surface area contributed by atoms with Crippen molar-refractivity contribution in [3.05, 3.63) is 23.8 Å². The van der Waals surface area contributed by atoms with Gasteiger partial charge in [-0.05, 0) is 43.9 Å². The number of piperidine rings is 1. The summed E-state index contributed by atoms with van der Waals surface area (Å²) < 4.78 is 5.01. The molecule has 0 radical (unpaired) electrons. The third-order valence-electron chi connectivity index (χ3n) is 3.75. The second-order valence-electron chi connectivity index (χ2n) is 5.11. The molecule has 110 valence electrons. The molecule has 1 aromatic rings. The smallest absolute Gasteiger partial charge is 0.338 e. The SMILES string of the molecule is CCOC(=O)c1ccc(N)c(N2CCC(CO)CC2)c1. The Morgan fingerprint density at radius 3 is 2.75 bits per heavy atom. The maximum absolute atomic E-state index is 11.8. The predicted octanol–water partition coefficient (Wildman–Crippen LogP) is 1.65. The van der Waals surface area contributed by atoms with E-state index in [9.17, 15) is 9.90 Å². The number of nitrogens with two attached hydrogens (primary N) is 1. The van der Waals surface area contributed by atoms with Crippen LogP contribution in [0.25, 0.3) is 0 Å². The van der Waals surface area contributed by atoms with E-state index in [0.29, 0.717) is 23.8 Å². The second-order valence-corrected chi connectivity index (χ2v) is 5.11. The van der Waals surface area contributed by atoms with Crippen LogP contribution in [0.4, 0.5) is 11.4 Å². The maximum atomic E-state index is 11.8. The number of nitrogens with zero attached hydrogens (tertiary/aromatic N) is 1. The van der Waals surface area contributed by atoms with Crippen LogP contribution in [0.3, 0.4) is 0 Å². The van der Waals surface area contributed by atoms with Gasteiger partial charge in [0.25, 0.3) is 0 Å². The lowest BCUT2D eigenvalue weighted by Gasteiger charge is -2.33. The molecule has 0 spiro atoms. The Balaban J connectivity index is 2.15. The van der Waals surface area contributed by atoms with Gasteiger partial charge in [0.1, 0.15) is 0 Å². The zero-order valence-electron chi connectivity index (χ0n) is 11.8. The van der Waals surface area contributed by atoms with E-state index >= 15 is 0 Å². The highest BCUT2D eigenvalue weighted by molar-refractivity contribution is 5.92. The van der Waals surface area contributed by atoms with Gasteiger partial charge in [-0.25, -0.2) is 4.79 Å². The molecule has 0 aliphatic carbocycles. The molecule has 0 saturated carbocycles. The van der Waals surface area contributed by atoms with E-state index in [1.54, 1.807) is 25.1 Å². The minimum Gasteiger partial charge on any atom is -0.462 e. The zero-order chi connectivity index (χ0) is 14.5. The van der Waals surface area contributed by atoms with Crippen molar-refractivity contribution in [3.63, 3.8) is 0 Å². The Morgan fingerprint density at radius 2 is 2.15 bits per heavy atom. The number of ether oxygens (including phenoxy) is 1. The van der Waals surface area contributed by atoms with Crippen molar-refractivity contribution in [1.29, 1.82) is 0 Å². The number of hydrogen-bond donors (Lipinski definition) is 2. The number of aliphatic hydroxyl groups is 1. The summed E-state index contributed by atoms with van der Waals surface area (Å²) in [6.07, 6.45) is 1.89. The minimum atomic E-state index is -0.320. The summed E-state index contributed by atoms with van der Waals surface area (Å²) in [5.74, 6) is 0.0553. The average Bonchev–Trinajstić information content (AvgIpc) is 2.48. The topological polar surface area (TPSA) is 75.8 Å². The molecule has 1 heterocycles. The molecule has 0 atom stereocenters. The first kappa shape index (κ1) is 14.7. The number of aliphatic hydroxyl groups excluding tert-OH is 1. The van der Waals surface area contributed by atoms with Crippen LogP contribution < -0.4 is 10.6 Å². The summed E-state index contributed by atoms with van der Waals surface area (Å²) in [6, 6.07) is 5.24. The lowest BCUT2D eigenvalue weighted by Crippen LogP contribution is -2.35. The lowest BCUT2D eigenvalue weighted by atomic mass is 9.97. The van der Waals surface area contributed by atoms with E-state index in [2.05, 4.69) is 4.90 Å². The van der Waals surface area contributed by atoms with Crippen LogP contribution in [-0.4, -0.2) is 37.4 Å². The first-order chi connectivity index (χ1) is 9.65. The van der Waals surface area contributed by atoms with Gasteiger partial charge >= 0.3 is 5.97 Å². The molecular formula is C15H22N2O3. The number of hydrogen-bond acceptors (Lipinski definition) is 5. The molecule has 3 N–H and O–H groups in total. The monoisotopic (exact) mass is 278 g/mol. The van der Waals surface area contributed by atoms with E-state index in [1.165, 1.54) is 0 Å². The third kappa shape index (κ3) is 3.22. The van der Waals surface area contributed by atoms with Crippen LogP contribution in [0.5, 0.6) is 0 Å². The zero-order valence-corrected chi connectivity index (χ0v) is 11.8. The fourth-order valence-electron chi connectivity index (χ4n) is 2.52. The summed E-state index contributed by atoms with van der Waals surface area (Å²) in [7, 11) is 0. The van der Waals surface area contributed by atoms with Crippen LogP contribution >= 0.6 is 0 Å². The Kier molecular flexibility index (Phi) is 4.84. The molecule has 0 bridgehead atoms.